The number of benzene rings is 2. The molecule has 0 heterocycles. The highest BCUT2D eigenvalue weighted by Crippen LogP contribution is 2.21. The lowest BCUT2D eigenvalue weighted by molar-refractivity contribution is 0.578. The van der Waals surface area contributed by atoms with Gasteiger partial charge in [-0.3, -0.25) is 0 Å². The van der Waals surface area contributed by atoms with Crippen LogP contribution in [0.5, 0.6) is 0 Å². The maximum absolute atomic E-state index is 12.4. The van der Waals surface area contributed by atoms with E-state index in [0.29, 0.717) is 17.9 Å². The second-order valence-electron chi connectivity index (χ2n) is 5.09. The van der Waals surface area contributed by atoms with E-state index in [0.717, 1.165) is 22.9 Å². The highest BCUT2D eigenvalue weighted by Gasteiger charge is 2.17. The molecule has 0 fully saturated rings. The summed E-state index contributed by atoms with van der Waals surface area (Å²) in [5.41, 5.74) is 2.05. The summed E-state index contributed by atoms with van der Waals surface area (Å²) in [5, 5.41) is 0. The Morgan fingerprint density at radius 1 is 1.09 bits per heavy atom. The van der Waals surface area contributed by atoms with Crippen LogP contribution >= 0.6 is 15.9 Å². The van der Waals surface area contributed by atoms with E-state index in [1.807, 2.05) is 31.2 Å². The Labute approximate surface area is 140 Å². The fourth-order valence-corrected chi connectivity index (χ4v) is 4.08. The van der Waals surface area contributed by atoms with Crippen molar-refractivity contribution in [3.8, 4) is 0 Å². The van der Waals surface area contributed by atoms with Crippen LogP contribution in [0.25, 0.3) is 0 Å². The molecule has 0 saturated carbocycles. The van der Waals surface area contributed by atoms with Gasteiger partial charge in [0.25, 0.3) is 0 Å². The van der Waals surface area contributed by atoms with Gasteiger partial charge in [-0.15, -0.1) is 0 Å². The zero-order valence-corrected chi connectivity index (χ0v) is 15.0. The maximum atomic E-state index is 12.4. The normalized spacial score (nSPS) is 11.5. The number of aryl methyl sites for hydroxylation is 2. The fourth-order valence-electron chi connectivity index (χ4n) is 2.31. The minimum absolute atomic E-state index is 0.373. The van der Waals surface area contributed by atoms with E-state index in [1.165, 1.54) is 5.56 Å². The lowest BCUT2D eigenvalue weighted by Gasteiger charge is -2.11. The lowest BCUT2D eigenvalue weighted by atomic mass is 10.1. The second kappa shape index (κ2) is 7.90. The summed E-state index contributed by atoms with van der Waals surface area (Å²) in [7, 11) is -3.45. The summed E-state index contributed by atoms with van der Waals surface area (Å²) in [6.45, 7) is 2.40. The molecule has 2 aromatic rings. The minimum Gasteiger partial charge on any atom is -0.211 e. The van der Waals surface area contributed by atoms with Gasteiger partial charge in [-0.2, -0.15) is 0 Å². The van der Waals surface area contributed by atoms with Gasteiger partial charge in [-0.05, 0) is 48.6 Å². The third-order valence-corrected chi connectivity index (χ3v) is 5.52. The smallest absolute Gasteiger partial charge is 0.211 e. The quantitative estimate of drug-likeness (QED) is 0.738. The molecule has 0 aliphatic rings. The third kappa shape index (κ3) is 4.66. The van der Waals surface area contributed by atoms with Gasteiger partial charge in [0.1, 0.15) is 0 Å². The van der Waals surface area contributed by atoms with Crippen LogP contribution in [0.1, 0.15) is 24.5 Å². The maximum Gasteiger partial charge on any atom is 0.240 e. The predicted octanol–water partition coefficient (Wildman–Crippen LogP) is 3.92. The molecule has 0 spiro atoms. The number of hydrogen-bond donors (Lipinski definition) is 1. The van der Waals surface area contributed by atoms with Crippen molar-refractivity contribution in [2.75, 3.05) is 6.54 Å². The van der Waals surface area contributed by atoms with Crippen LogP contribution in [0, 0.1) is 0 Å². The zero-order valence-electron chi connectivity index (χ0n) is 12.5. The van der Waals surface area contributed by atoms with E-state index in [9.17, 15) is 8.42 Å². The third-order valence-electron chi connectivity index (χ3n) is 3.47. The molecule has 0 atom stereocenters. The van der Waals surface area contributed by atoms with Crippen molar-refractivity contribution < 1.29 is 8.42 Å². The number of rotatable bonds is 7. The molecule has 3 nitrogen and oxygen atoms in total. The molecule has 2 rings (SSSR count). The Morgan fingerprint density at radius 3 is 2.50 bits per heavy atom. The fraction of sp³-hybridized carbons (Fsp3) is 0.294. The van der Waals surface area contributed by atoms with Crippen LogP contribution < -0.4 is 4.72 Å². The predicted molar refractivity (Wildman–Crippen MR) is 93.5 cm³/mol. The van der Waals surface area contributed by atoms with Gasteiger partial charge >= 0.3 is 0 Å². The molecule has 0 aromatic heterocycles. The molecule has 0 bridgehead atoms. The zero-order chi connectivity index (χ0) is 16.0. The Morgan fingerprint density at radius 2 is 1.82 bits per heavy atom. The van der Waals surface area contributed by atoms with Crippen LogP contribution in [0.4, 0.5) is 0 Å². The molecule has 22 heavy (non-hydrogen) atoms. The number of halogens is 1. The lowest BCUT2D eigenvalue weighted by Crippen LogP contribution is -2.26. The van der Waals surface area contributed by atoms with Crippen LogP contribution in [-0.2, 0) is 22.9 Å². The van der Waals surface area contributed by atoms with Crippen LogP contribution in [0.2, 0.25) is 0 Å². The molecule has 1 N–H and O–H groups in total. The van der Waals surface area contributed by atoms with E-state index >= 15 is 0 Å². The van der Waals surface area contributed by atoms with Crippen LogP contribution in [0.3, 0.4) is 0 Å². The molecule has 2 aromatic carbocycles. The van der Waals surface area contributed by atoms with Crippen molar-refractivity contribution in [1.82, 2.24) is 4.72 Å². The highest BCUT2D eigenvalue weighted by atomic mass is 79.9. The van der Waals surface area contributed by atoms with E-state index in [1.54, 1.807) is 12.1 Å². The van der Waals surface area contributed by atoms with Gasteiger partial charge in [0, 0.05) is 11.0 Å². The Kier molecular flexibility index (Phi) is 6.17. The Hall–Kier alpha value is -1.17. The summed E-state index contributed by atoms with van der Waals surface area (Å²) in [4.78, 5) is 0.373. The standard InChI is InChI=1S/C17H20BrNO2S/c1-2-15-13-16(18)10-11-17(15)22(20,21)19-12-6-9-14-7-4-3-5-8-14/h3-5,7-8,10-11,13,19H,2,6,9,12H2,1H3. The average Bonchev–Trinajstić information content (AvgIpc) is 2.52. The first-order chi connectivity index (χ1) is 10.5. The monoisotopic (exact) mass is 381 g/mol. The van der Waals surface area contributed by atoms with Gasteiger partial charge in [0.2, 0.25) is 10.0 Å². The molecular weight excluding hydrogens is 362 g/mol. The first-order valence-electron chi connectivity index (χ1n) is 7.35. The summed E-state index contributed by atoms with van der Waals surface area (Å²) in [6, 6.07) is 15.4. The molecular formula is C17H20BrNO2S. The van der Waals surface area contributed by atoms with Crippen LogP contribution in [0.15, 0.2) is 57.9 Å². The minimum atomic E-state index is -3.45. The van der Waals surface area contributed by atoms with E-state index in [2.05, 4.69) is 32.8 Å². The van der Waals surface area contributed by atoms with Gasteiger partial charge in [0.15, 0.2) is 0 Å². The molecule has 0 saturated heterocycles. The Balaban J connectivity index is 1.97. The number of nitrogens with one attached hydrogen (secondary N) is 1. The molecule has 118 valence electrons. The summed E-state index contributed by atoms with van der Waals surface area (Å²) >= 11 is 3.38. The average molecular weight is 382 g/mol. The summed E-state index contributed by atoms with van der Waals surface area (Å²) in [5.74, 6) is 0. The molecule has 0 unspecified atom stereocenters. The SMILES string of the molecule is CCc1cc(Br)ccc1S(=O)(=O)NCCCc1ccccc1. The van der Waals surface area contributed by atoms with Gasteiger partial charge in [-0.25, -0.2) is 13.1 Å². The van der Waals surface area contributed by atoms with Crippen molar-refractivity contribution in [1.29, 1.82) is 0 Å². The first-order valence-corrected chi connectivity index (χ1v) is 9.62. The van der Waals surface area contributed by atoms with Gasteiger partial charge in [-0.1, -0.05) is 53.2 Å². The first kappa shape index (κ1) is 17.2. The number of hydrogen-bond acceptors (Lipinski definition) is 2. The van der Waals surface area contributed by atoms with Crippen molar-refractivity contribution in [3.05, 3.63) is 64.1 Å². The Bertz CT molecular complexity index is 715. The molecule has 0 aliphatic carbocycles. The topological polar surface area (TPSA) is 46.2 Å². The molecule has 0 aliphatic heterocycles. The molecule has 0 amide bonds. The summed E-state index contributed by atoms with van der Waals surface area (Å²) < 4.78 is 28.4. The molecule has 0 radical (unpaired) electrons. The number of sulfonamides is 1. The van der Waals surface area contributed by atoms with Crippen LogP contribution in [-0.4, -0.2) is 15.0 Å². The van der Waals surface area contributed by atoms with Crippen molar-refractivity contribution >= 4 is 26.0 Å². The van der Waals surface area contributed by atoms with E-state index in [4.69, 9.17) is 0 Å². The summed E-state index contributed by atoms with van der Waals surface area (Å²) in [6.07, 6.45) is 2.32. The van der Waals surface area contributed by atoms with Crippen molar-refractivity contribution in [3.63, 3.8) is 0 Å². The highest BCUT2D eigenvalue weighted by molar-refractivity contribution is 9.10. The van der Waals surface area contributed by atoms with Crippen molar-refractivity contribution in [2.45, 2.75) is 31.1 Å². The van der Waals surface area contributed by atoms with E-state index < -0.39 is 10.0 Å². The van der Waals surface area contributed by atoms with Gasteiger partial charge < -0.3 is 0 Å². The largest absolute Gasteiger partial charge is 0.240 e. The van der Waals surface area contributed by atoms with Crippen molar-refractivity contribution in [2.24, 2.45) is 0 Å². The van der Waals surface area contributed by atoms with Gasteiger partial charge in [0.05, 0.1) is 4.90 Å². The second-order valence-corrected chi connectivity index (χ2v) is 7.74. The van der Waals surface area contributed by atoms with E-state index in [-0.39, 0.29) is 0 Å². The molecule has 5 heteroatoms.